The van der Waals surface area contributed by atoms with Crippen molar-refractivity contribution >= 4 is 23.2 Å². The van der Waals surface area contributed by atoms with Crippen molar-refractivity contribution in [1.29, 1.82) is 0 Å². The van der Waals surface area contributed by atoms with Gasteiger partial charge in [0.05, 0.1) is 10.7 Å². The number of nitrogens with zero attached hydrogens (tertiary/aromatic N) is 2. The van der Waals surface area contributed by atoms with Crippen molar-refractivity contribution in [3.63, 3.8) is 0 Å². The van der Waals surface area contributed by atoms with Gasteiger partial charge in [-0.15, -0.1) is 11.3 Å². The Kier molecular flexibility index (Phi) is 5.94. The van der Waals surface area contributed by atoms with Gasteiger partial charge in [0.25, 0.3) is 5.91 Å². The molecule has 0 aliphatic carbocycles. The molecule has 122 valence electrons. The number of aliphatic carboxylic acids is 1. The first-order valence-electron chi connectivity index (χ1n) is 8.02. The summed E-state index contributed by atoms with van der Waals surface area (Å²) in [5, 5.41) is 9.90. The van der Waals surface area contributed by atoms with Crippen LogP contribution in [0.5, 0.6) is 0 Å². The number of aromatic nitrogens is 1. The Morgan fingerprint density at radius 1 is 1.41 bits per heavy atom. The van der Waals surface area contributed by atoms with E-state index in [1.807, 2.05) is 11.8 Å². The third-order valence-electron chi connectivity index (χ3n) is 4.08. The average molecular weight is 324 g/mol. The van der Waals surface area contributed by atoms with Gasteiger partial charge in [-0.25, -0.2) is 4.98 Å². The molecule has 1 amide bonds. The summed E-state index contributed by atoms with van der Waals surface area (Å²) in [4.78, 5) is 30.7. The highest BCUT2D eigenvalue weighted by Gasteiger charge is 2.30. The first kappa shape index (κ1) is 16.9. The van der Waals surface area contributed by atoms with E-state index in [2.05, 4.69) is 11.9 Å². The Hall–Kier alpha value is -1.43. The van der Waals surface area contributed by atoms with Gasteiger partial charge < -0.3 is 10.0 Å². The summed E-state index contributed by atoms with van der Waals surface area (Å²) < 4.78 is 0. The van der Waals surface area contributed by atoms with Gasteiger partial charge in [-0.3, -0.25) is 9.59 Å². The molecule has 0 bridgehead atoms. The fourth-order valence-electron chi connectivity index (χ4n) is 2.96. The highest BCUT2D eigenvalue weighted by atomic mass is 32.1. The lowest BCUT2D eigenvalue weighted by Gasteiger charge is -2.35. The molecule has 0 radical (unpaired) electrons. The van der Waals surface area contributed by atoms with Crippen molar-refractivity contribution < 1.29 is 14.7 Å². The number of thiazole rings is 1. The first-order valence-corrected chi connectivity index (χ1v) is 8.83. The zero-order chi connectivity index (χ0) is 16.1. The van der Waals surface area contributed by atoms with Crippen LogP contribution in [0.3, 0.4) is 0 Å². The minimum atomic E-state index is -0.794. The van der Waals surface area contributed by atoms with Crippen LogP contribution in [-0.4, -0.2) is 39.5 Å². The van der Waals surface area contributed by atoms with Gasteiger partial charge in [-0.1, -0.05) is 6.92 Å². The number of carbonyl (C=O) groups is 2. The maximum Gasteiger partial charge on any atom is 0.303 e. The molecule has 1 N–H and O–H groups in total. The number of rotatable bonds is 6. The fraction of sp³-hybridized carbons (Fsp3) is 0.688. The largest absolute Gasteiger partial charge is 0.481 e. The number of piperidine rings is 1. The third-order valence-corrected chi connectivity index (χ3v) is 5.28. The molecule has 1 aliphatic rings. The highest BCUT2D eigenvalue weighted by Crippen LogP contribution is 2.27. The molecule has 1 atom stereocenters. The second kappa shape index (κ2) is 7.72. The molecule has 2 rings (SSSR count). The molecule has 1 fully saturated rings. The fourth-order valence-corrected chi connectivity index (χ4v) is 4.08. The topological polar surface area (TPSA) is 70.5 Å². The molecule has 1 aromatic heterocycles. The van der Waals surface area contributed by atoms with Crippen molar-refractivity contribution in [1.82, 2.24) is 9.88 Å². The molecule has 1 aromatic rings. The van der Waals surface area contributed by atoms with E-state index in [1.165, 1.54) is 11.3 Å². The second-order valence-corrected chi connectivity index (χ2v) is 6.94. The number of likely N-dealkylation sites (tertiary alicyclic amines) is 1. The van der Waals surface area contributed by atoms with Crippen LogP contribution >= 0.6 is 11.3 Å². The molecule has 0 aromatic carbocycles. The molecule has 22 heavy (non-hydrogen) atoms. The van der Waals surface area contributed by atoms with Crippen LogP contribution in [0.2, 0.25) is 0 Å². The van der Waals surface area contributed by atoms with Crippen LogP contribution in [0.25, 0.3) is 0 Å². The summed E-state index contributed by atoms with van der Waals surface area (Å²) in [6.45, 7) is 4.72. The maximum absolute atomic E-state index is 12.8. The molecular weight excluding hydrogens is 300 g/mol. The van der Waals surface area contributed by atoms with E-state index in [-0.39, 0.29) is 18.4 Å². The minimum Gasteiger partial charge on any atom is -0.481 e. The van der Waals surface area contributed by atoms with Gasteiger partial charge >= 0.3 is 5.97 Å². The van der Waals surface area contributed by atoms with Crippen molar-refractivity contribution in [2.45, 2.75) is 64.8 Å². The lowest BCUT2D eigenvalue weighted by atomic mass is 9.97. The molecule has 6 heteroatoms. The maximum atomic E-state index is 12.8. The van der Waals surface area contributed by atoms with E-state index in [1.54, 1.807) is 0 Å². The smallest absolute Gasteiger partial charge is 0.303 e. The molecule has 5 nitrogen and oxygen atoms in total. The van der Waals surface area contributed by atoms with Crippen LogP contribution in [-0.2, 0) is 11.2 Å². The molecule has 1 saturated heterocycles. The molecule has 2 heterocycles. The monoisotopic (exact) mass is 324 g/mol. The third kappa shape index (κ3) is 4.06. The summed E-state index contributed by atoms with van der Waals surface area (Å²) in [6, 6.07) is 0.0495. The van der Waals surface area contributed by atoms with Crippen molar-refractivity contribution in [2.24, 2.45) is 0 Å². The number of carboxylic acid groups (broad SMARTS) is 1. The van der Waals surface area contributed by atoms with Crippen LogP contribution in [0.15, 0.2) is 0 Å². The normalized spacial score (nSPS) is 18.5. The molecule has 0 saturated carbocycles. The van der Waals surface area contributed by atoms with Gasteiger partial charge in [-0.05, 0) is 45.4 Å². The van der Waals surface area contributed by atoms with Gasteiger partial charge in [0.1, 0.15) is 4.88 Å². The Morgan fingerprint density at radius 3 is 2.86 bits per heavy atom. The van der Waals surface area contributed by atoms with Crippen molar-refractivity contribution in [3.8, 4) is 0 Å². The number of aryl methyl sites for hydroxylation is 2. The highest BCUT2D eigenvalue weighted by molar-refractivity contribution is 7.13. The van der Waals surface area contributed by atoms with Crippen LogP contribution < -0.4 is 0 Å². The van der Waals surface area contributed by atoms with Crippen molar-refractivity contribution in [2.75, 3.05) is 6.54 Å². The van der Waals surface area contributed by atoms with Gasteiger partial charge in [0.2, 0.25) is 0 Å². The van der Waals surface area contributed by atoms with Crippen molar-refractivity contribution in [3.05, 3.63) is 15.6 Å². The number of amides is 1. The Labute approximate surface area is 135 Å². The van der Waals surface area contributed by atoms with Crippen LogP contribution in [0, 0.1) is 6.92 Å². The van der Waals surface area contributed by atoms with E-state index in [4.69, 9.17) is 5.11 Å². The predicted octanol–water partition coefficient (Wildman–Crippen LogP) is 3.26. The van der Waals surface area contributed by atoms with Crippen LogP contribution in [0.4, 0.5) is 0 Å². The Balaban J connectivity index is 2.12. The zero-order valence-corrected chi connectivity index (χ0v) is 14.1. The first-order chi connectivity index (χ1) is 10.5. The Morgan fingerprint density at radius 2 is 2.18 bits per heavy atom. The van der Waals surface area contributed by atoms with E-state index in [0.717, 1.165) is 54.2 Å². The number of carboxylic acids is 1. The molecule has 0 unspecified atom stereocenters. The lowest BCUT2D eigenvalue weighted by Crippen LogP contribution is -2.43. The molecular formula is C16H24N2O3S. The number of carbonyl (C=O) groups excluding carboxylic acids is 1. The lowest BCUT2D eigenvalue weighted by molar-refractivity contribution is -0.137. The molecule has 0 spiro atoms. The minimum absolute atomic E-state index is 0.0347. The number of hydrogen-bond acceptors (Lipinski definition) is 4. The van der Waals surface area contributed by atoms with Gasteiger partial charge in [0.15, 0.2) is 0 Å². The predicted molar refractivity (Wildman–Crippen MR) is 86.4 cm³/mol. The average Bonchev–Trinajstić information content (AvgIpc) is 2.86. The Bertz CT molecular complexity index is 541. The zero-order valence-electron chi connectivity index (χ0n) is 13.3. The second-order valence-electron chi connectivity index (χ2n) is 5.85. The SMILES string of the molecule is CCCc1nc(C)c(C(=O)N2CCCC[C@@H]2CCC(=O)O)s1. The standard InChI is InChI=1S/C16H24N2O3S/c1-3-6-13-17-11(2)15(22-13)16(21)18-10-5-4-7-12(18)8-9-14(19)20/h12H,3-10H2,1-2H3,(H,19,20)/t12-/m1/s1. The summed E-state index contributed by atoms with van der Waals surface area (Å²) >= 11 is 1.49. The van der Waals surface area contributed by atoms with Gasteiger partial charge in [0, 0.05) is 19.0 Å². The summed E-state index contributed by atoms with van der Waals surface area (Å²) in [5.41, 5.74) is 0.806. The van der Waals surface area contributed by atoms with E-state index in [9.17, 15) is 9.59 Å². The summed E-state index contributed by atoms with van der Waals surface area (Å²) in [7, 11) is 0. The van der Waals surface area contributed by atoms with Gasteiger partial charge in [-0.2, -0.15) is 0 Å². The summed E-state index contributed by atoms with van der Waals surface area (Å²) in [5.74, 6) is -0.760. The number of hydrogen-bond donors (Lipinski definition) is 1. The quantitative estimate of drug-likeness (QED) is 0.872. The molecule has 1 aliphatic heterocycles. The van der Waals surface area contributed by atoms with E-state index < -0.39 is 5.97 Å². The van der Waals surface area contributed by atoms with E-state index in [0.29, 0.717) is 6.42 Å². The van der Waals surface area contributed by atoms with E-state index >= 15 is 0 Å². The van der Waals surface area contributed by atoms with Crippen LogP contribution in [0.1, 0.15) is 65.8 Å². The summed E-state index contributed by atoms with van der Waals surface area (Å²) in [6.07, 6.45) is 5.55.